The number of rotatable bonds is 4. The Bertz CT molecular complexity index is 718. The van der Waals surface area contributed by atoms with Crippen LogP contribution in [0.3, 0.4) is 0 Å². The molecule has 0 N–H and O–H groups in total. The van der Waals surface area contributed by atoms with Gasteiger partial charge in [0.15, 0.2) is 5.03 Å². The molecule has 0 saturated heterocycles. The molecule has 0 unspecified atom stereocenters. The van der Waals surface area contributed by atoms with Gasteiger partial charge in [0.2, 0.25) is 9.84 Å². The second kappa shape index (κ2) is 5.36. The minimum Gasteiger partial charge on any atom is -0.237 e. The fraction of sp³-hybridized carbons (Fsp3) is 0.429. The van der Waals surface area contributed by atoms with Crippen LogP contribution in [0.25, 0.3) is 0 Å². The predicted octanol–water partition coefficient (Wildman–Crippen LogP) is 2.22. The number of aryl methyl sites for hydroxylation is 2. The zero-order valence-corrected chi connectivity index (χ0v) is 13.0. The van der Waals surface area contributed by atoms with E-state index in [2.05, 4.69) is 24.2 Å². The van der Waals surface area contributed by atoms with E-state index in [0.29, 0.717) is 0 Å². The van der Waals surface area contributed by atoms with Crippen LogP contribution in [0, 0.1) is 6.92 Å². The summed E-state index contributed by atoms with van der Waals surface area (Å²) in [6.45, 7) is 6.09. The second-order valence-electron chi connectivity index (χ2n) is 5.31. The van der Waals surface area contributed by atoms with Gasteiger partial charge in [-0.25, -0.2) is 13.1 Å². The van der Waals surface area contributed by atoms with Gasteiger partial charge in [-0.3, -0.25) is 0 Å². The minimum atomic E-state index is -3.44. The summed E-state index contributed by atoms with van der Waals surface area (Å²) in [5.74, 6) is 0.258. The molecule has 1 aromatic heterocycles. The molecule has 20 heavy (non-hydrogen) atoms. The standard InChI is InChI=1S/C14H19N3O2S/c1-10(2)13-6-5-11(3)7-12(13)9-20(18,19)14-8-15-16-17(14)4/h5-8,10H,9H2,1-4H3. The Labute approximate surface area is 119 Å². The van der Waals surface area contributed by atoms with E-state index >= 15 is 0 Å². The van der Waals surface area contributed by atoms with Gasteiger partial charge in [-0.05, 0) is 24.0 Å². The van der Waals surface area contributed by atoms with Gasteiger partial charge in [-0.1, -0.05) is 42.8 Å². The first kappa shape index (κ1) is 14.7. The van der Waals surface area contributed by atoms with Crippen LogP contribution in [0.5, 0.6) is 0 Å². The summed E-state index contributed by atoms with van der Waals surface area (Å²) in [6.07, 6.45) is 1.29. The smallest absolute Gasteiger partial charge is 0.201 e. The van der Waals surface area contributed by atoms with Crippen LogP contribution in [0.2, 0.25) is 0 Å². The largest absolute Gasteiger partial charge is 0.237 e. The van der Waals surface area contributed by atoms with Crippen LogP contribution in [0.4, 0.5) is 0 Å². The van der Waals surface area contributed by atoms with E-state index in [1.165, 1.54) is 10.9 Å². The van der Waals surface area contributed by atoms with Crippen molar-refractivity contribution in [2.75, 3.05) is 0 Å². The van der Waals surface area contributed by atoms with E-state index in [0.717, 1.165) is 16.7 Å². The highest BCUT2D eigenvalue weighted by Crippen LogP contribution is 2.24. The molecular formula is C14H19N3O2S. The Morgan fingerprint density at radius 3 is 2.55 bits per heavy atom. The highest BCUT2D eigenvalue weighted by atomic mass is 32.2. The Morgan fingerprint density at radius 2 is 2.00 bits per heavy atom. The molecule has 6 heteroatoms. The lowest BCUT2D eigenvalue weighted by molar-refractivity contribution is 0.573. The molecule has 0 amide bonds. The normalized spacial score (nSPS) is 12.1. The lowest BCUT2D eigenvalue weighted by atomic mass is 9.96. The van der Waals surface area contributed by atoms with E-state index in [1.807, 2.05) is 25.1 Å². The van der Waals surface area contributed by atoms with Gasteiger partial charge in [0.1, 0.15) is 0 Å². The summed E-state index contributed by atoms with van der Waals surface area (Å²) in [5, 5.41) is 7.47. The molecule has 0 spiro atoms. The SMILES string of the molecule is Cc1ccc(C(C)C)c(CS(=O)(=O)c2cnnn2C)c1. The summed E-state index contributed by atoms with van der Waals surface area (Å²) in [7, 11) is -1.85. The number of nitrogens with zero attached hydrogens (tertiary/aromatic N) is 3. The summed E-state index contributed by atoms with van der Waals surface area (Å²) < 4.78 is 26.2. The number of sulfone groups is 1. The second-order valence-corrected chi connectivity index (χ2v) is 7.25. The van der Waals surface area contributed by atoms with E-state index in [1.54, 1.807) is 7.05 Å². The fourth-order valence-corrected chi connectivity index (χ4v) is 3.72. The number of aromatic nitrogens is 3. The molecule has 1 heterocycles. The third kappa shape index (κ3) is 2.90. The number of benzene rings is 1. The highest BCUT2D eigenvalue weighted by Gasteiger charge is 2.22. The quantitative estimate of drug-likeness (QED) is 0.867. The molecule has 2 aromatic rings. The third-order valence-electron chi connectivity index (χ3n) is 3.26. The van der Waals surface area contributed by atoms with Gasteiger partial charge < -0.3 is 0 Å². The van der Waals surface area contributed by atoms with Crippen molar-refractivity contribution in [2.45, 2.75) is 37.5 Å². The molecule has 0 atom stereocenters. The van der Waals surface area contributed by atoms with Gasteiger partial charge in [-0.2, -0.15) is 0 Å². The zero-order valence-electron chi connectivity index (χ0n) is 12.2. The first-order valence-electron chi connectivity index (χ1n) is 6.48. The molecule has 0 saturated carbocycles. The van der Waals surface area contributed by atoms with Crippen LogP contribution in [-0.2, 0) is 22.6 Å². The monoisotopic (exact) mass is 293 g/mol. The van der Waals surface area contributed by atoms with Gasteiger partial charge in [0.25, 0.3) is 0 Å². The van der Waals surface area contributed by atoms with Crippen LogP contribution < -0.4 is 0 Å². The number of hydrogen-bond donors (Lipinski definition) is 0. The Hall–Kier alpha value is -1.69. The van der Waals surface area contributed by atoms with Crippen molar-refractivity contribution in [1.29, 1.82) is 0 Å². The molecule has 0 bridgehead atoms. The third-order valence-corrected chi connectivity index (χ3v) is 4.96. The maximum absolute atomic E-state index is 12.5. The molecule has 0 fully saturated rings. The molecule has 1 aromatic carbocycles. The average Bonchev–Trinajstić information content (AvgIpc) is 2.75. The van der Waals surface area contributed by atoms with Crippen LogP contribution >= 0.6 is 0 Å². The lowest BCUT2D eigenvalue weighted by Gasteiger charge is -2.14. The molecule has 0 radical (unpaired) electrons. The van der Waals surface area contributed by atoms with Crippen molar-refractivity contribution in [2.24, 2.45) is 7.05 Å². The molecular weight excluding hydrogens is 274 g/mol. The molecule has 2 rings (SSSR count). The van der Waals surface area contributed by atoms with E-state index < -0.39 is 9.84 Å². The summed E-state index contributed by atoms with van der Waals surface area (Å²) in [6, 6.07) is 5.96. The zero-order chi connectivity index (χ0) is 14.9. The Kier molecular flexibility index (Phi) is 3.94. The van der Waals surface area contributed by atoms with Gasteiger partial charge >= 0.3 is 0 Å². The number of hydrogen-bond acceptors (Lipinski definition) is 4. The van der Waals surface area contributed by atoms with Crippen molar-refractivity contribution < 1.29 is 8.42 Å². The summed E-state index contributed by atoms with van der Waals surface area (Å²) in [5.41, 5.74) is 2.97. The first-order chi connectivity index (χ1) is 9.31. The minimum absolute atomic E-state index is 0.0244. The maximum Gasteiger partial charge on any atom is 0.201 e. The van der Waals surface area contributed by atoms with Gasteiger partial charge in [-0.15, -0.1) is 5.10 Å². The Balaban J connectivity index is 2.44. The lowest BCUT2D eigenvalue weighted by Crippen LogP contribution is -2.12. The van der Waals surface area contributed by atoms with Crippen LogP contribution in [0.1, 0.15) is 36.5 Å². The van der Waals surface area contributed by atoms with E-state index in [-0.39, 0.29) is 16.7 Å². The van der Waals surface area contributed by atoms with Crippen molar-refractivity contribution in [3.05, 3.63) is 41.1 Å². The van der Waals surface area contributed by atoms with Crippen LogP contribution in [-0.4, -0.2) is 23.4 Å². The Morgan fingerprint density at radius 1 is 1.30 bits per heavy atom. The van der Waals surface area contributed by atoms with Gasteiger partial charge in [0, 0.05) is 7.05 Å². The molecule has 0 aliphatic rings. The van der Waals surface area contributed by atoms with Crippen molar-refractivity contribution in [1.82, 2.24) is 15.0 Å². The van der Waals surface area contributed by atoms with Crippen LogP contribution in [0.15, 0.2) is 29.4 Å². The topological polar surface area (TPSA) is 64.8 Å². The maximum atomic E-state index is 12.5. The average molecular weight is 293 g/mol. The van der Waals surface area contributed by atoms with E-state index in [4.69, 9.17) is 0 Å². The molecule has 5 nitrogen and oxygen atoms in total. The first-order valence-corrected chi connectivity index (χ1v) is 8.13. The van der Waals surface area contributed by atoms with E-state index in [9.17, 15) is 8.42 Å². The molecule has 108 valence electrons. The van der Waals surface area contributed by atoms with Crippen molar-refractivity contribution in [3.8, 4) is 0 Å². The molecule has 0 aliphatic carbocycles. The van der Waals surface area contributed by atoms with Crippen molar-refractivity contribution >= 4 is 9.84 Å². The fourth-order valence-electron chi connectivity index (χ4n) is 2.26. The predicted molar refractivity (Wildman–Crippen MR) is 77.2 cm³/mol. The summed E-state index contributed by atoms with van der Waals surface area (Å²) in [4.78, 5) is 0. The van der Waals surface area contributed by atoms with Crippen molar-refractivity contribution in [3.63, 3.8) is 0 Å². The highest BCUT2D eigenvalue weighted by molar-refractivity contribution is 7.90. The molecule has 0 aliphatic heterocycles. The van der Waals surface area contributed by atoms with Gasteiger partial charge in [0.05, 0.1) is 11.9 Å². The summed E-state index contributed by atoms with van der Waals surface area (Å²) >= 11 is 0.